The SMILES string of the molecule is CCn1c(CNc2cccc(Cl)c2)nnc1S[C@@H](C)C(=O)Nc1c(C)cccc1C. The van der Waals surface area contributed by atoms with Crippen LogP contribution in [0.25, 0.3) is 0 Å². The van der Waals surface area contributed by atoms with Crippen LogP contribution in [0.1, 0.15) is 30.8 Å². The first kappa shape index (κ1) is 22.2. The van der Waals surface area contributed by atoms with Gasteiger partial charge in [-0.3, -0.25) is 4.79 Å². The Morgan fingerprint density at radius 3 is 2.53 bits per heavy atom. The molecular weight excluding hydrogens is 418 g/mol. The van der Waals surface area contributed by atoms with Gasteiger partial charge in [-0.05, 0) is 57.0 Å². The van der Waals surface area contributed by atoms with Crippen LogP contribution in [0.4, 0.5) is 11.4 Å². The number of para-hydroxylation sites is 1. The second kappa shape index (κ2) is 10.00. The summed E-state index contributed by atoms with van der Waals surface area (Å²) in [5, 5.41) is 16.1. The maximum atomic E-state index is 12.8. The Hall–Kier alpha value is -2.51. The molecule has 3 rings (SSSR count). The lowest BCUT2D eigenvalue weighted by Gasteiger charge is -2.15. The molecule has 0 spiro atoms. The Morgan fingerprint density at radius 2 is 1.87 bits per heavy atom. The zero-order chi connectivity index (χ0) is 21.7. The van der Waals surface area contributed by atoms with Gasteiger partial charge in [-0.15, -0.1) is 10.2 Å². The molecule has 0 aliphatic heterocycles. The highest BCUT2D eigenvalue weighted by atomic mass is 35.5. The molecule has 0 aliphatic rings. The molecule has 0 saturated carbocycles. The number of hydrogen-bond donors (Lipinski definition) is 2. The molecule has 3 aromatic rings. The Bertz CT molecular complexity index is 1020. The van der Waals surface area contributed by atoms with E-state index in [1.807, 2.05) is 74.7 Å². The number of nitrogens with one attached hydrogen (secondary N) is 2. The van der Waals surface area contributed by atoms with E-state index in [1.54, 1.807) is 0 Å². The predicted octanol–water partition coefficient (Wildman–Crippen LogP) is 5.30. The number of carbonyl (C=O) groups is 1. The quantitative estimate of drug-likeness (QED) is 0.462. The van der Waals surface area contributed by atoms with E-state index >= 15 is 0 Å². The van der Waals surface area contributed by atoms with E-state index in [2.05, 4.69) is 20.8 Å². The summed E-state index contributed by atoms with van der Waals surface area (Å²) in [6.07, 6.45) is 0. The highest BCUT2D eigenvalue weighted by Crippen LogP contribution is 2.26. The summed E-state index contributed by atoms with van der Waals surface area (Å²) in [6, 6.07) is 13.5. The molecular formula is C22H26ClN5OS. The van der Waals surface area contributed by atoms with Gasteiger partial charge in [0.15, 0.2) is 11.0 Å². The summed E-state index contributed by atoms with van der Waals surface area (Å²) >= 11 is 7.45. The summed E-state index contributed by atoms with van der Waals surface area (Å²) < 4.78 is 2.02. The minimum Gasteiger partial charge on any atom is -0.378 e. The topological polar surface area (TPSA) is 71.8 Å². The zero-order valence-electron chi connectivity index (χ0n) is 17.6. The van der Waals surface area contributed by atoms with Crippen LogP contribution in [0, 0.1) is 13.8 Å². The molecule has 30 heavy (non-hydrogen) atoms. The Kier molecular flexibility index (Phi) is 7.39. The van der Waals surface area contributed by atoms with E-state index in [1.165, 1.54) is 11.8 Å². The molecule has 0 aliphatic carbocycles. The van der Waals surface area contributed by atoms with Gasteiger partial charge >= 0.3 is 0 Å². The molecule has 0 saturated heterocycles. The van der Waals surface area contributed by atoms with Crippen LogP contribution >= 0.6 is 23.4 Å². The van der Waals surface area contributed by atoms with E-state index in [0.717, 1.165) is 33.5 Å². The number of benzene rings is 2. The molecule has 6 nitrogen and oxygen atoms in total. The number of carbonyl (C=O) groups excluding carboxylic acids is 1. The molecule has 1 atom stereocenters. The second-order valence-electron chi connectivity index (χ2n) is 7.02. The first-order valence-corrected chi connectivity index (χ1v) is 11.1. The van der Waals surface area contributed by atoms with E-state index in [0.29, 0.717) is 18.1 Å². The van der Waals surface area contributed by atoms with Crippen LogP contribution in [0.3, 0.4) is 0 Å². The fraction of sp³-hybridized carbons (Fsp3) is 0.318. The summed E-state index contributed by atoms with van der Waals surface area (Å²) in [5.74, 6) is 0.754. The van der Waals surface area contributed by atoms with Crippen LogP contribution in [0.5, 0.6) is 0 Å². The third-order valence-electron chi connectivity index (χ3n) is 4.77. The maximum Gasteiger partial charge on any atom is 0.237 e. The molecule has 1 heterocycles. The van der Waals surface area contributed by atoms with Gasteiger partial charge < -0.3 is 15.2 Å². The highest BCUT2D eigenvalue weighted by Gasteiger charge is 2.20. The number of anilines is 2. The lowest BCUT2D eigenvalue weighted by molar-refractivity contribution is -0.115. The molecule has 2 aromatic carbocycles. The van der Waals surface area contributed by atoms with Crippen molar-refractivity contribution in [2.75, 3.05) is 10.6 Å². The number of halogens is 1. The van der Waals surface area contributed by atoms with Crippen molar-refractivity contribution < 1.29 is 4.79 Å². The smallest absolute Gasteiger partial charge is 0.237 e. The standard InChI is InChI=1S/C22H26ClN5OS/c1-5-28-19(13-24-18-11-7-10-17(23)12-18)26-27-22(28)30-16(4)21(29)25-20-14(2)8-6-9-15(20)3/h6-12,16,24H,5,13H2,1-4H3,(H,25,29)/t16-/m0/s1. The van der Waals surface area contributed by atoms with E-state index < -0.39 is 0 Å². The van der Waals surface area contributed by atoms with Crippen molar-refractivity contribution in [3.8, 4) is 0 Å². The van der Waals surface area contributed by atoms with Gasteiger partial charge in [0.2, 0.25) is 5.91 Å². The minimum atomic E-state index is -0.313. The molecule has 1 amide bonds. The van der Waals surface area contributed by atoms with Crippen LogP contribution in [-0.2, 0) is 17.9 Å². The average Bonchev–Trinajstić information content (AvgIpc) is 3.10. The summed E-state index contributed by atoms with van der Waals surface area (Å²) in [6.45, 7) is 9.14. The Balaban J connectivity index is 1.66. The number of rotatable bonds is 8. The van der Waals surface area contributed by atoms with E-state index in [4.69, 9.17) is 11.6 Å². The summed E-state index contributed by atoms with van der Waals surface area (Å²) in [4.78, 5) is 12.8. The van der Waals surface area contributed by atoms with Gasteiger partial charge in [0, 0.05) is 22.9 Å². The largest absolute Gasteiger partial charge is 0.378 e. The number of thioether (sulfide) groups is 1. The van der Waals surface area contributed by atoms with Crippen LogP contribution < -0.4 is 10.6 Å². The van der Waals surface area contributed by atoms with Crippen molar-refractivity contribution in [1.29, 1.82) is 0 Å². The van der Waals surface area contributed by atoms with Crippen molar-refractivity contribution in [3.05, 3.63) is 64.4 Å². The third kappa shape index (κ3) is 5.34. The molecule has 0 unspecified atom stereocenters. The molecule has 0 radical (unpaired) electrons. The molecule has 1 aromatic heterocycles. The van der Waals surface area contributed by atoms with Crippen molar-refractivity contribution >= 4 is 40.6 Å². The first-order valence-electron chi connectivity index (χ1n) is 9.84. The van der Waals surface area contributed by atoms with E-state index in [-0.39, 0.29) is 11.2 Å². The fourth-order valence-corrected chi connectivity index (χ4v) is 4.20. The van der Waals surface area contributed by atoms with Crippen LogP contribution in [0.2, 0.25) is 5.02 Å². The first-order chi connectivity index (χ1) is 14.4. The van der Waals surface area contributed by atoms with Gasteiger partial charge in [0.05, 0.1) is 11.8 Å². The average molecular weight is 444 g/mol. The van der Waals surface area contributed by atoms with E-state index in [9.17, 15) is 4.79 Å². The summed E-state index contributed by atoms with van der Waals surface area (Å²) in [5.41, 5.74) is 3.89. The number of aromatic nitrogens is 3. The normalized spacial score (nSPS) is 11.9. The van der Waals surface area contributed by atoms with Crippen LogP contribution in [-0.4, -0.2) is 25.9 Å². The van der Waals surface area contributed by atoms with Gasteiger partial charge in [-0.1, -0.05) is 47.6 Å². The van der Waals surface area contributed by atoms with Gasteiger partial charge in [-0.25, -0.2) is 0 Å². The molecule has 8 heteroatoms. The Labute approximate surface area is 186 Å². The number of hydrogen-bond acceptors (Lipinski definition) is 5. The molecule has 2 N–H and O–H groups in total. The molecule has 0 bridgehead atoms. The number of nitrogens with zero attached hydrogens (tertiary/aromatic N) is 3. The van der Waals surface area contributed by atoms with Crippen LogP contribution in [0.15, 0.2) is 47.6 Å². The third-order valence-corrected chi connectivity index (χ3v) is 6.08. The second-order valence-corrected chi connectivity index (χ2v) is 8.77. The number of aryl methyl sites for hydroxylation is 2. The lowest BCUT2D eigenvalue weighted by atomic mass is 10.1. The monoisotopic (exact) mass is 443 g/mol. The predicted molar refractivity (Wildman–Crippen MR) is 124 cm³/mol. The zero-order valence-corrected chi connectivity index (χ0v) is 19.1. The van der Waals surface area contributed by atoms with Crippen molar-refractivity contribution in [2.45, 2.75) is 51.2 Å². The fourth-order valence-electron chi connectivity index (χ4n) is 3.08. The van der Waals surface area contributed by atoms with Gasteiger partial charge in [-0.2, -0.15) is 0 Å². The maximum absolute atomic E-state index is 12.8. The highest BCUT2D eigenvalue weighted by molar-refractivity contribution is 8.00. The molecule has 158 valence electrons. The Morgan fingerprint density at radius 1 is 1.17 bits per heavy atom. The lowest BCUT2D eigenvalue weighted by Crippen LogP contribution is -2.24. The summed E-state index contributed by atoms with van der Waals surface area (Å²) in [7, 11) is 0. The van der Waals surface area contributed by atoms with Crippen molar-refractivity contribution in [1.82, 2.24) is 14.8 Å². The minimum absolute atomic E-state index is 0.0540. The number of amides is 1. The molecule has 0 fully saturated rings. The van der Waals surface area contributed by atoms with Crippen molar-refractivity contribution in [3.63, 3.8) is 0 Å². The van der Waals surface area contributed by atoms with Crippen molar-refractivity contribution in [2.24, 2.45) is 0 Å². The van der Waals surface area contributed by atoms with Gasteiger partial charge in [0.1, 0.15) is 0 Å². The van der Waals surface area contributed by atoms with Gasteiger partial charge in [0.25, 0.3) is 0 Å².